The van der Waals surface area contributed by atoms with E-state index in [-0.39, 0.29) is 22.7 Å². The van der Waals surface area contributed by atoms with Crippen LogP contribution in [0.15, 0.2) is 89.4 Å². The second kappa shape index (κ2) is 9.23. The molecule has 3 aromatic rings. The van der Waals surface area contributed by atoms with Crippen molar-refractivity contribution in [3.05, 3.63) is 115 Å². The number of nitro benzene ring substituents is 2. The zero-order valence-electron chi connectivity index (χ0n) is 21.9. The number of amides is 4. The molecule has 43 heavy (non-hydrogen) atoms. The highest BCUT2D eigenvalue weighted by atomic mass is 79.9. The van der Waals surface area contributed by atoms with E-state index in [9.17, 15) is 39.4 Å². The minimum absolute atomic E-state index is 0.163. The standard InChI is InChI=1S/C30H19BrN4O8/c31-16-3-1-15(2-4-16)30-14-13-21(22-24(30)28(38)32(26(22)36)17-5-9-19(10-6-17)34(40)41)23-25(30)29(39)33(27(23)37)18-7-11-20(12-8-18)35(42)43/h1-14,21-25H/t21?,22-,23+,24-,25-,30?/m0/s1. The molecule has 2 unspecified atom stereocenters. The number of nitrogens with zero attached hydrogens (tertiary/aromatic N) is 4. The Morgan fingerprint density at radius 3 is 1.44 bits per heavy atom. The van der Waals surface area contributed by atoms with Crippen LogP contribution in [0.3, 0.4) is 0 Å². The molecule has 3 aromatic carbocycles. The Labute approximate surface area is 251 Å². The van der Waals surface area contributed by atoms with Gasteiger partial charge in [0.05, 0.1) is 44.9 Å². The van der Waals surface area contributed by atoms with Gasteiger partial charge in [0, 0.05) is 40.1 Å². The van der Waals surface area contributed by atoms with Gasteiger partial charge in [0.2, 0.25) is 23.6 Å². The van der Waals surface area contributed by atoms with Gasteiger partial charge >= 0.3 is 0 Å². The lowest BCUT2D eigenvalue weighted by molar-refractivity contribution is -0.385. The summed E-state index contributed by atoms with van der Waals surface area (Å²) in [7, 11) is 0. The Bertz CT molecular complexity index is 1700. The molecule has 0 spiro atoms. The number of rotatable bonds is 5. The van der Waals surface area contributed by atoms with E-state index in [2.05, 4.69) is 15.9 Å². The highest BCUT2D eigenvalue weighted by molar-refractivity contribution is 9.10. The topological polar surface area (TPSA) is 161 Å². The minimum Gasteiger partial charge on any atom is -0.274 e. The van der Waals surface area contributed by atoms with Crippen molar-refractivity contribution < 1.29 is 29.0 Å². The number of non-ortho nitro benzene ring substituents is 2. The zero-order chi connectivity index (χ0) is 30.4. The predicted molar refractivity (Wildman–Crippen MR) is 154 cm³/mol. The third kappa shape index (κ3) is 3.54. The third-order valence-corrected chi connectivity index (χ3v) is 9.67. The van der Waals surface area contributed by atoms with Crippen LogP contribution in [0.2, 0.25) is 0 Å². The third-order valence-electron chi connectivity index (χ3n) is 9.14. The summed E-state index contributed by atoms with van der Waals surface area (Å²) in [5.74, 6) is -6.98. The summed E-state index contributed by atoms with van der Waals surface area (Å²) >= 11 is 3.41. The number of allylic oxidation sites excluding steroid dienone is 2. The second-order valence-electron chi connectivity index (χ2n) is 11.0. The van der Waals surface area contributed by atoms with Crippen molar-refractivity contribution in [2.24, 2.45) is 29.6 Å². The fourth-order valence-electron chi connectivity index (χ4n) is 7.45. The lowest BCUT2D eigenvalue weighted by atomic mass is 9.45. The van der Waals surface area contributed by atoms with E-state index in [4.69, 9.17) is 0 Å². The highest BCUT2D eigenvalue weighted by Crippen LogP contribution is 2.65. The van der Waals surface area contributed by atoms with Gasteiger partial charge in [-0.2, -0.15) is 0 Å². The average Bonchev–Trinajstić information content (AvgIpc) is 3.44. The molecular formula is C30H19BrN4O8. The maximum Gasteiger partial charge on any atom is 0.269 e. The van der Waals surface area contributed by atoms with Crippen LogP contribution >= 0.6 is 15.9 Å². The quantitative estimate of drug-likeness (QED) is 0.172. The van der Waals surface area contributed by atoms with Gasteiger partial charge in [0.1, 0.15) is 0 Å². The maximum absolute atomic E-state index is 14.3. The molecule has 2 bridgehead atoms. The number of hydrogen-bond acceptors (Lipinski definition) is 8. The zero-order valence-corrected chi connectivity index (χ0v) is 23.5. The molecule has 2 heterocycles. The lowest BCUT2D eigenvalue weighted by Crippen LogP contribution is -2.60. The van der Waals surface area contributed by atoms with Gasteiger partial charge in [0.25, 0.3) is 11.4 Å². The molecule has 2 saturated heterocycles. The van der Waals surface area contributed by atoms with Crippen molar-refractivity contribution in [2.75, 3.05) is 9.80 Å². The molecule has 8 rings (SSSR count). The highest BCUT2D eigenvalue weighted by Gasteiger charge is 2.75. The van der Waals surface area contributed by atoms with E-state index < -0.39 is 68.5 Å². The van der Waals surface area contributed by atoms with Gasteiger partial charge in [-0.3, -0.25) is 39.4 Å². The van der Waals surface area contributed by atoms with Crippen molar-refractivity contribution in [2.45, 2.75) is 5.41 Å². The van der Waals surface area contributed by atoms with Gasteiger partial charge in [-0.05, 0) is 42.0 Å². The molecule has 3 aliphatic carbocycles. The van der Waals surface area contributed by atoms with Gasteiger partial charge in [-0.25, -0.2) is 9.80 Å². The average molecular weight is 643 g/mol. The van der Waals surface area contributed by atoms with E-state index in [0.717, 1.165) is 14.3 Å². The van der Waals surface area contributed by atoms with Crippen molar-refractivity contribution >= 4 is 62.3 Å². The fraction of sp³-hybridized carbons (Fsp3) is 0.200. The number of carbonyl (C=O) groups excluding carboxylic acids is 4. The monoisotopic (exact) mass is 642 g/mol. The van der Waals surface area contributed by atoms with Gasteiger partial charge < -0.3 is 0 Å². The van der Waals surface area contributed by atoms with Crippen LogP contribution in [0.5, 0.6) is 0 Å². The Balaban J connectivity index is 1.38. The Kier molecular flexibility index (Phi) is 5.76. The van der Waals surface area contributed by atoms with Gasteiger partial charge in [0.15, 0.2) is 0 Å². The van der Waals surface area contributed by atoms with Crippen molar-refractivity contribution in [1.82, 2.24) is 0 Å². The maximum atomic E-state index is 14.3. The van der Waals surface area contributed by atoms with E-state index >= 15 is 0 Å². The molecule has 2 aliphatic heterocycles. The molecule has 12 nitrogen and oxygen atoms in total. The molecule has 5 aliphatic rings. The Hall–Kier alpha value is -5.04. The summed E-state index contributed by atoms with van der Waals surface area (Å²) in [6.45, 7) is 0. The fourth-order valence-corrected chi connectivity index (χ4v) is 7.71. The number of hydrogen-bond donors (Lipinski definition) is 0. The summed E-state index contributed by atoms with van der Waals surface area (Å²) in [6, 6.07) is 17.2. The van der Waals surface area contributed by atoms with E-state index in [1.54, 1.807) is 36.4 Å². The molecule has 1 saturated carbocycles. The summed E-state index contributed by atoms with van der Waals surface area (Å²) in [5.41, 5.74) is -0.870. The van der Waals surface area contributed by atoms with E-state index in [0.29, 0.717) is 5.56 Å². The number of halogens is 1. The number of nitro groups is 2. The largest absolute Gasteiger partial charge is 0.274 e. The number of carbonyl (C=O) groups is 4. The molecule has 3 fully saturated rings. The number of benzene rings is 3. The summed E-state index contributed by atoms with van der Waals surface area (Å²) < 4.78 is 0.747. The normalized spacial score (nSPS) is 28.8. The first-order valence-electron chi connectivity index (χ1n) is 13.3. The van der Waals surface area contributed by atoms with E-state index in [1.165, 1.54) is 48.5 Å². The van der Waals surface area contributed by atoms with Crippen LogP contribution in [-0.4, -0.2) is 33.5 Å². The van der Waals surface area contributed by atoms with Crippen molar-refractivity contribution in [1.29, 1.82) is 0 Å². The minimum atomic E-state index is -1.37. The molecule has 214 valence electrons. The van der Waals surface area contributed by atoms with Crippen LogP contribution in [0.25, 0.3) is 0 Å². The first-order chi connectivity index (χ1) is 20.6. The molecule has 13 heteroatoms. The summed E-state index contributed by atoms with van der Waals surface area (Å²) in [4.78, 5) is 79.9. The van der Waals surface area contributed by atoms with Crippen LogP contribution in [-0.2, 0) is 24.6 Å². The summed E-state index contributed by atoms with van der Waals surface area (Å²) in [5, 5.41) is 22.4. The summed E-state index contributed by atoms with van der Waals surface area (Å²) in [6.07, 6.45) is 3.53. The molecular weight excluding hydrogens is 624 g/mol. The van der Waals surface area contributed by atoms with E-state index in [1.807, 2.05) is 0 Å². The molecule has 0 radical (unpaired) electrons. The van der Waals surface area contributed by atoms with Crippen LogP contribution < -0.4 is 9.80 Å². The molecule has 6 atom stereocenters. The number of imide groups is 2. The van der Waals surface area contributed by atoms with Crippen LogP contribution in [0, 0.1) is 49.8 Å². The SMILES string of the molecule is O=C1[C@@H]2C3C=CC(c4ccc(Br)cc4)([C@@H]2C(=O)N1c1ccc([N+](=O)[O-])cc1)[C@@H]1C(=O)N(c2ccc([N+](=O)[O-])cc2)C(=O)[C@@H]31. The first kappa shape index (κ1) is 26.8. The Morgan fingerprint density at radius 1 is 0.628 bits per heavy atom. The predicted octanol–water partition coefficient (Wildman–Crippen LogP) is 4.31. The lowest BCUT2D eigenvalue weighted by Gasteiger charge is -2.53. The molecule has 0 N–H and O–H groups in total. The second-order valence-corrected chi connectivity index (χ2v) is 11.9. The molecule has 0 aromatic heterocycles. The first-order valence-corrected chi connectivity index (χ1v) is 14.1. The van der Waals surface area contributed by atoms with Crippen LogP contribution in [0.4, 0.5) is 22.7 Å². The number of anilines is 2. The molecule has 4 amide bonds. The smallest absolute Gasteiger partial charge is 0.269 e. The Morgan fingerprint density at radius 2 is 1.05 bits per heavy atom. The van der Waals surface area contributed by atoms with Crippen LogP contribution in [0.1, 0.15) is 5.56 Å². The van der Waals surface area contributed by atoms with Gasteiger partial charge in [-0.15, -0.1) is 0 Å². The van der Waals surface area contributed by atoms with Crippen molar-refractivity contribution in [3.8, 4) is 0 Å². The van der Waals surface area contributed by atoms with Gasteiger partial charge in [-0.1, -0.05) is 40.2 Å². The van der Waals surface area contributed by atoms with Crippen molar-refractivity contribution in [3.63, 3.8) is 0 Å².